The number of fused-ring (bicyclic) bond motifs is 1. The third-order valence-corrected chi connectivity index (χ3v) is 3.12. The number of anilines is 2. The zero-order chi connectivity index (χ0) is 11.7. The average Bonchev–Trinajstić information content (AvgIpc) is 2.70. The van der Waals surface area contributed by atoms with Crippen molar-refractivity contribution in [2.45, 2.75) is 0 Å². The molecule has 0 radical (unpaired) electrons. The summed E-state index contributed by atoms with van der Waals surface area (Å²) in [6, 6.07) is 7.47. The first-order valence-corrected chi connectivity index (χ1v) is 5.79. The molecule has 0 amide bonds. The zero-order valence-corrected chi connectivity index (χ0v) is 9.49. The van der Waals surface area contributed by atoms with Gasteiger partial charge < -0.3 is 10.3 Å². The first kappa shape index (κ1) is 9.98. The van der Waals surface area contributed by atoms with E-state index in [0.29, 0.717) is 0 Å². The number of rotatable bonds is 2. The molecule has 2 heterocycles. The molecule has 1 aromatic carbocycles. The van der Waals surface area contributed by atoms with Gasteiger partial charge in [-0.05, 0) is 24.3 Å². The molecule has 0 spiro atoms. The molecule has 84 valence electrons. The fourth-order valence-electron chi connectivity index (χ4n) is 1.54. The van der Waals surface area contributed by atoms with Gasteiger partial charge in [-0.15, -0.1) is 0 Å². The van der Waals surface area contributed by atoms with Crippen LogP contribution in [0.5, 0.6) is 0 Å². The smallest absolute Gasteiger partial charge is 0.305 e. The molecule has 3 rings (SSSR count). The summed E-state index contributed by atoms with van der Waals surface area (Å²) in [5.74, 6) is 0.724. The van der Waals surface area contributed by atoms with E-state index in [9.17, 15) is 4.79 Å². The van der Waals surface area contributed by atoms with Crippen LogP contribution in [0.1, 0.15) is 0 Å². The number of hydrogen-bond donors (Lipinski definition) is 2. The summed E-state index contributed by atoms with van der Waals surface area (Å²) < 4.78 is 0.925. The summed E-state index contributed by atoms with van der Waals surface area (Å²) in [5.41, 5.74) is 1.75. The molecule has 0 aliphatic heterocycles. The van der Waals surface area contributed by atoms with E-state index >= 15 is 0 Å². The maximum Gasteiger partial charge on any atom is 0.305 e. The fourth-order valence-corrected chi connectivity index (χ4v) is 2.31. The molecule has 0 aliphatic rings. The SMILES string of the molecule is O=c1[nH]c2ccc(Nc3ccncn3)cc2s1. The molecule has 17 heavy (non-hydrogen) atoms. The molecule has 6 heteroatoms. The van der Waals surface area contributed by atoms with Crippen LogP contribution in [0.25, 0.3) is 10.2 Å². The van der Waals surface area contributed by atoms with Gasteiger partial charge in [0.25, 0.3) is 0 Å². The number of thiazole rings is 1. The van der Waals surface area contributed by atoms with Gasteiger partial charge in [0.05, 0.1) is 10.2 Å². The molecule has 2 N–H and O–H groups in total. The van der Waals surface area contributed by atoms with Crippen LogP contribution < -0.4 is 10.2 Å². The summed E-state index contributed by atoms with van der Waals surface area (Å²) >= 11 is 1.19. The molecule has 0 unspecified atom stereocenters. The van der Waals surface area contributed by atoms with Crippen LogP contribution in [-0.2, 0) is 0 Å². The Hall–Kier alpha value is -2.21. The predicted octanol–water partition coefficient (Wildman–Crippen LogP) is 2.12. The van der Waals surface area contributed by atoms with E-state index in [1.54, 1.807) is 12.3 Å². The van der Waals surface area contributed by atoms with Gasteiger partial charge in [-0.25, -0.2) is 9.97 Å². The largest absolute Gasteiger partial charge is 0.340 e. The quantitative estimate of drug-likeness (QED) is 0.724. The minimum absolute atomic E-state index is 0.0424. The van der Waals surface area contributed by atoms with Crippen LogP contribution >= 0.6 is 11.3 Å². The number of nitrogens with zero attached hydrogens (tertiary/aromatic N) is 2. The molecule has 5 nitrogen and oxygen atoms in total. The number of hydrogen-bond acceptors (Lipinski definition) is 5. The van der Waals surface area contributed by atoms with Gasteiger partial charge in [0, 0.05) is 11.9 Å². The van der Waals surface area contributed by atoms with E-state index in [0.717, 1.165) is 21.7 Å². The number of aromatic amines is 1. The Bertz CT molecular complexity index is 704. The van der Waals surface area contributed by atoms with Gasteiger partial charge in [-0.2, -0.15) is 0 Å². The molecule has 0 saturated carbocycles. The first-order chi connectivity index (χ1) is 8.31. The van der Waals surface area contributed by atoms with Crippen molar-refractivity contribution in [3.8, 4) is 0 Å². The van der Waals surface area contributed by atoms with Crippen LogP contribution in [-0.4, -0.2) is 15.0 Å². The van der Waals surface area contributed by atoms with E-state index in [1.165, 1.54) is 17.7 Å². The van der Waals surface area contributed by atoms with Crippen molar-refractivity contribution in [2.24, 2.45) is 0 Å². The van der Waals surface area contributed by atoms with Gasteiger partial charge in [0.2, 0.25) is 0 Å². The van der Waals surface area contributed by atoms with Crippen LogP contribution in [0, 0.1) is 0 Å². The van der Waals surface area contributed by atoms with Crippen molar-refractivity contribution in [2.75, 3.05) is 5.32 Å². The van der Waals surface area contributed by atoms with Gasteiger partial charge in [0.1, 0.15) is 12.1 Å². The van der Waals surface area contributed by atoms with Gasteiger partial charge >= 0.3 is 4.87 Å². The lowest BCUT2D eigenvalue weighted by molar-refractivity contribution is 1.17. The third kappa shape index (κ3) is 2.02. The van der Waals surface area contributed by atoms with Crippen LogP contribution in [0.3, 0.4) is 0 Å². The molecule has 0 saturated heterocycles. The Morgan fingerprint density at radius 3 is 3.06 bits per heavy atom. The number of H-pyrrole nitrogens is 1. The third-order valence-electron chi connectivity index (χ3n) is 2.28. The molecule has 0 fully saturated rings. The second-order valence-electron chi connectivity index (χ2n) is 3.45. The van der Waals surface area contributed by atoms with E-state index in [-0.39, 0.29) is 4.87 Å². The lowest BCUT2D eigenvalue weighted by atomic mass is 10.3. The van der Waals surface area contributed by atoms with Crippen LogP contribution in [0.4, 0.5) is 11.5 Å². The zero-order valence-electron chi connectivity index (χ0n) is 8.68. The molecule has 0 bridgehead atoms. The summed E-state index contributed by atoms with van der Waals surface area (Å²) in [6.07, 6.45) is 3.15. The summed E-state index contributed by atoms with van der Waals surface area (Å²) in [7, 11) is 0. The Morgan fingerprint density at radius 2 is 2.24 bits per heavy atom. The highest BCUT2D eigenvalue weighted by molar-refractivity contribution is 7.16. The number of aromatic nitrogens is 3. The van der Waals surface area contributed by atoms with Crippen LogP contribution in [0.2, 0.25) is 0 Å². The molecule has 0 aliphatic carbocycles. The second-order valence-corrected chi connectivity index (χ2v) is 4.46. The highest BCUT2D eigenvalue weighted by Gasteiger charge is 2.01. The fraction of sp³-hybridized carbons (Fsp3) is 0. The van der Waals surface area contributed by atoms with Crippen LogP contribution in [0.15, 0.2) is 41.6 Å². The van der Waals surface area contributed by atoms with Crippen molar-refractivity contribution in [3.63, 3.8) is 0 Å². The molecular formula is C11H8N4OS. The standard InChI is InChI=1S/C11H8N4OS/c16-11-15-8-2-1-7(5-9(8)17-11)14-10-3-4-12-6-13-10/h1-6H,(H,15,16)(H,12,13,14). The van der Waals surface area contributed by atoms with Crippen molar-refractivity contribution >= 4 is 33.1 Å². The minimum Gasteiger partial charge on any atom is -0.340 e. The predicted molar refractivity (Wildman–Crippen MR) is 67.8 cm³/mol. The molecule has 3 aromatic rings. The summed E-state index contributed by atoms with van der Waals surface area (Å²) in [4.78, 5) is 21.8. The summed E-state index contributed by atoms with van der Waals surface area (Å²) in [6.45, 7) is 0. The normalized spacial score (nSPS) is 10.6. The molecular weight excluding hydrogens is 236 g/mol. The Balaban J connectivity index is 1.98. The summed E-state index contributed by atoms with van der Waals surface area (Å²) in [5, 5.41) is 3.14. The van der Waals surface area contributed by atoms with Crippen molar-refractivity contribution in [3.05, 3.63) is 46.5 Å². The Labute approximate surface area is 100 Å². The first-order valence-electron chi connectivity index (χ1n) is 4.97. The second kappa shape index (κ2) is 3.99. The maximum atomic E-state index is 11.2. The maximum absolute atomic E-state index is 11.2. The van der Waals surface area contributed by atoms with Crippen molar-refractivity contribution in [1.29, 1.82) is 0 Å². The Kier molecular flexibility index (Phi) is 2.34. The molecule has 2 aromatic heterocycles. The highest BCUT2D eigenvalue weighted by atomic mass is 32.1. The lowest BCUT2D eigenvalue weighted by Crippen LogP contribution is -1.92. The van der Waals surface area contributed by atoms with Gasteiger partial charge in [-0.3, -0.25) is 4.79 Å². The Morgan fingerprint density at radius 1 is 1.29 bits per heavy atom. The topological polar surface area (TPSA) is 70.7 Å². The van der Waals surface area contributed by atoms with Gasteiger partial charge in [-0.1, -0.05) is 11.3 Å². The van der Waals surface area contributed by atoms with Gasteiger partial charge in [0.15, 0.2) is 0 Å². The van der Waals surface area contributed by atoms with E-state index < -0.39 is 0 Å². The number of nitrogens with one attached hydrogen (secondary N) is 2. The van der Waals surface area contributed by atoms with Crippen molar-refractivity contribution < 1.29 is 0 Å². The average molecular weight is 244 g/mol. The molecule has 0 atom stereocenters. The van der Waals surface area contributed by atoms with E-state index in [1.807, 2.05) is 18.2 Å². The van der Waals surface area contributed by atoms with Crippen molar-refractivity contribution in [1.82, 2.24) is 15.0 Å². The monoisotopic (exact) mass is 244 g/mol. The lowest BCUT2D eigenvalue weighted by Gasteiger charge is -2.04. The van der Waals surface area contributed by atoms with E-state index in [4.69, 9.17) is 0 Å². The highest BCUT2D eigenvalue weighted by Crippen LogP contribution is 2.21. The van der Waals surface area contributed by atoms with E-state index in [2.05, 4.69) is 20.3 Å². The number of benzene rings is 1. The minimum atomic E-state index is -0.0424.